The summed E-state index contributed by atoms with van der Waals surface area (Å²) in [6.07, 6.45) is 8.34. The van der Waals surface area contributed by atoms with Crippen molar-refractivity contribution >= 4 is 11.6 Å². The molecule has 4 N–H and O–H groups in total. The standard InChI is InChI=1S/C8H13NO.C5H9NO.C3H8.C2H6.2H2/c9-8-4-2-1-3-6(8)5-7(8)10;1-4(7)5(6)2-3-5;1-3-2;1-2;;/h6H,1-5,9H2;2-3,6H2,1H3;3H2,1-2H3;1-2H3;2*1H. The summed E-state index contributed by atoms with van der Waals surface area (Å²) in [6, 6.07) is 0. The Balaban J connectivity index is -0.000000281. The number of hydrogen-bond donors (Lipinski definition) is 2. The number of carbonyl (C=O) groups excluding carboxylic acids is 2. The predicted molar refractivity (Wildman–Crippen MR) is 96.9 cm³/mol. The zero-order chi connectivity index (χ0) is 17.4. The van der Waals surface area contributed by atoms with Crippen LogP contribution in [0.5, 0.6) is 0 Å². The molecule has 22 heavy (non-hydrogen) atoms. The van der Waals surface area contributed by atoms with E-state index in [4.69, 9.17) is 11.5 Å². The molecule has 0 bridgehead atoms. The first-order chi connectivity index (χ1) is 10.3. The summed E-state index contributed by atoms with van der Waals surface area (Å²) in [4.78, 5) is 21.5. The predicted octanol–water partition coefficient (Wildman–Crippen LogP) is 3.85. The molecule has 4 nitrogen and oxygen atoms in total. The number of Topliss-reactive ketones (excluding diaryl/α,β-unsaturated/α-hetero) is 2. The quantitative estimate of drug-likeness (QED) is 0.769. The lowest BCUT2D eigenvalue weighted by Crippen LogP contribution is -2.64. The van der Waals surface area contributed by atoms with Crippen molar-refractivity contribution in [1.82, 2.24) is 0 Å². The van der Waals surface area contributed by atoms with Crippen molar-refractivity contribution in [1.29, 1.82) is 0 Å². The van der Waals surface area contributed by atoms with Gasteiger partial charge in [0, 0.05) is 9.27 Å². The third kappa shape index (κ3) is 5.47. The van der Waals surface area contributed by atoms with Crippen molar-refractivity contribution < 1.29 is 12.4 Å². The topological polar surface area (TPSA) is 86.2 Å². The fraction of sp³-hybridized carbons (Fsp3) is 0.889. The second-order valence-electron chi connectivity index (χ2n) is 6.53. The molecule has 0 aromatic rings. The molecular formula is C18H40N2O2. The molecule has 134 valence electrons. The van der Waals surface area contributed by atoms with Crippen LogP contribution in [0.2, 0.25) is 0 Å². The summed E-state index contributed by atoms with van der Waals surface area (Å²) in [5, 5.41) is 0. The Kier molecular flexibility index (Phi) is 9.09. The van der Waals surface area contributed by atoms with Gasteiger partial charge in [-0.1, -0.05) is 47.0 Å². The average Bonchev–Trinajstić information content (AvgIpc) is 3.24. The smallest absolute Gasteiger partial charge is 0.153 e. The summed E-state index contributed by atoms with van der Waals surface area (Å²) in [5.41, 5.74) is 10.6. The molecule has 3 aliphatic carbocycles. The second kappa shape index (κ2) is 9.41. The van der Waals surface area contributed by atoms with Crippen molar-refractivity contribution in [2.24, 2.45) is 17.4 Å². The molecular weight excluding hydrogens is 276 g/mol. The Bertz CT molecular complexity index is 374. The first-order valence-corrected chi connectivity index (χ1v) is 8.92. The molecule has 0 aromatic carbocycles. The summed E-state index contributed by atoms with van der Waals surface area (Å²) < 4.78 is 0. The molecule has 0 radical (unpaired) electrons. The normalized spacial score (nSPS) is 29.8. The van der Waals surface area contributed by atoms with Gasteiger partial charge in [0.2, 0.25) is 0 Å². The Labute approximate surface area is 139 Å². The molecule has 3 fully saturated rings. The van der Waals surface area contributed by atoms with E-state index in [2.05, 4.69) is 13.8 Å². The number of carbonyl (C=O) groups is 2. The van der Waals surface area contributed by atoms with Gasteiger partial charge in [0.1, 0.15) is 5.78 Å². The summed E-state index contributed by atoms with van der Waals surface area (Å²) in [7, 11) is 0. The molecule has 0 amide bonds. The van der Waals surface area contributed by atoms with Crippen molar-refractivity contribution in [2.45, 2.75) is 97.1 Å². The minimum absolute atomic E-state index is 0. The Morgan fingerprint density at radius 1 is 1.18 bits per heavy atom. The Morgan fingerprint density at radius 3 is 1.91 bits per heavy atom. The zero-order valence-corrected chi connectivity index (χ0v) is 15.2. The van der Waals surface area contributed by atoms with Crippen LogP contribution in [0, 0.1) is 5.92 Å². The Morgan fingerprint density at radius 2 is 1.68 bits per heavy atom. The second-order valence-corrected chi connectivity index (χ2v) is 6.53. The van der Waals surface area contributed by atoms with Crippen molar-refractivity contribution in [3.63, 3.8) is 0 Å². The minimum Gasteiger partial charge on any atom is -0.319 e. The highest BCUT2D eigenvalue weighted by Gasteiger charge is 2.52. The molecule has 3 saturated carbocycles. The van der Waals surface area contributed by atoms with E-state index in [1.807, 2.05) is 13.8 Å². The van der Waals surface area contributed by atoms with Gasteiger partial charge >= 0.3 is 0 Å². The molecule has 0 aromatic heterocycles. The number of rotatable bonds is 1. The minimum atomic E-state index is -0.389. The molecule has 0 aliphatic heterocycles. The van der Waals surface area contributed by atoms with Gasteiger partial charge in [-0.15, -0.1) is 0 Å². The third-order valence-electron chi connectivity index (χ3n) is 4.56. The first-order valence-electron chi connectivity index (χ1n) is 8.92. The van der Waals surface area contributed by atoms with Crippen LogP contribution in [0.25, 0.3) is 0 Å². The van der Waals surface area contributed by atoms with E-state index in [9.17, 15) is 9.59 Å². The number of nitrogens with two attached hydrogens (primary N) is 2. The molecule has 2 unspecified atom stereocenters. The van der Waals surface area contributed by atoms with Crippen LogP contribution in [0.4, 0.5) is 0 Å². The van der Waals surface area contributed by atoms with Crippen LogP contribution < -0.4 is 11.5 Å². The van der Waals surface area contributed by atoms with Crippen LogP contribution in [-0.4, -0.2) is 22.6 Å². The Hall–Kier alpha value is -0.740. The molecule has 0 heterocycles. The van der Waals surface area contributed by atoms with E-state index < -0.39 is 0 Å². The van der Waals surface area contributed by atoms with Crippen molar-refractivity contribution in [3.8, 4) is 0 Å². The van der Waals surface area contributed by atoms with Gasteiger partial charge in [0.25, 0.3) is 0 Å². The first kappa shape index (κ1) is 21.3. The molecule has 3 rings (SSSR count). The largest absolute Gasteiger partial charge is 0.319 e. The molecule has 3 aliphatic rings. The number of hydrogen-bond acceptors (Lipinski definition) is 4. The highest BCUT2D eigenvalue weighted by molar-refractivity contribution is 5.95. The maximum absolute atomic E-state index is 11.1. The lowest BCUT2D eigenvalue weighted by atomic mass is 9.59. The van der Waals surface area contributed by atoms with E-state index in [-0.39, 0.29) is 19.7 Å². The van der Waals surface area contributed by atoms with Crippen LogP contribution in [0.3, 0.4) is 0 Å². The van der Waals surface area contributed by atoms with Gasteiger partial charge in [-0.2, -0.15) is 0 Å². The zero-order valence-electron chi connectivity index (χ0n) is 15.2. The van der Waals surface area contributed by atoms with Crippen molar-refractivity contribution in [3.05, 3.63) is 0 Å². The lowest BCUT2D eigenvalue weighted by molar-refractivity contribution is -0.139. The third-order valence-corrected chi connectivity index (χ3v) is 4.56. The maximum Gasteiger partial charge on any atom is 0.153 e. The van der Waals surface area contributed by atoms with Crippen LogP contribution in [-0.2, 0) is 9.59 Å². The molecule has 0 spiro atoms. The van der Waals surface area contributed by atoms with Crippen LogP contribution in [0.15, 0.2) is 0 Å². The van der Waals surface area contributed by atoms with E-state index in [0.717, 1.165) is 32.1 Å². The van der Waals surface area contributed by atoms with Gasteiger partial charge in [-0.3, -0.25) is 9.59 Å². The molecule has 4 heteroatoms. The van der Waals surface area contributed by atoms with E-state index in [0.29, 0.717) is 11.7 Å². The van der Waals surface area contributed by atoms with Crippen LogP contribution in [0.1, 0.15) is 88.8 Å². The molecule has 0 saturated heterocycles. The number of ketones is 2. The fourth-order valence-electron chi connectivity index (χ4n) is 2.69. The monoisotopic (exact) mass is 316 g/mol. The lowest BCUT2D eigenvalue weighted by Gasteiger charge is -2.48. The van der Waals surface area contributed by atoms with Gasteiger partial charge < -0.3 is 11.5 Å². The van der Waals surface area contributed by atoms with Gasteiger partial charge in [-0.05, 0) is 38.5 Å². The van der Waals surface area contributed by atoms with Gasteiger partial charge in [0.05, 0.1) is 11.1 Å². The molecule has 2 atom stereocenters. The summed E-state index contributed by atoms with van der Waals surface area (Å²) >= 11 is 0. The fourth-order valence-corrected chi connectivity index (χ4v) is 2.69. The summed E-state index contributed by atoms with van der Waals surface area (Å²) in [5.74, 6) is 0.971. The van der Waals surface area contributed by atoms with E-state index in [1.165, 1.54) is 19.3 Å². The average molecular weight is 317 g/mol. The van der Waals surface area contributed by atoms with E-state index in [1.54, 1.807) is 6.92 Å². The SMILES string of the molecule is CC.CC(=O)C1(N)CC1.CCC.NC12CCCCC1CC2=O.[HH].[HH]. The van der Waals surface area contributed by atoms with Gasteiger partial charge in [0.15, 0.2) is 5.78 Å². The van der Waals surface area contributed by atoms with Gasteiger partial charge in [-0.25, -0.2) is 0 Å². The highest BCUT2D eigenvalue weighted by atomic mass is 16.1. The van der Waals surface area contributed by atoms with Crippen LogP contribution >= 0.6 is 0 Å². The maximum atomic E-state index is 11.1. The van der Waals surface area contributed by atoms with E-state index >= 15 is 0 Å². The summed E-state index contributed by atoms with van der Waals surface area (Å²) in [6.45, 7) is 9.80. The van der Waals surface area contributed by atoms with Crippen molar-refractivity contribution in [2.75, 3.05) is 0 Å². The highest BCUT2D eigenvalue weighted by Crippen LogP contribution is 2.43. The number of fused-ring (bicyclic) bond motifs is 1.